The van der Waals surface area contributed by atoms with Crippen molar-refractivity contribution in [3.05, 3.63) is 42.7 Å². The van der Waals surface area contributed by atoms with Gasteiger partial charge in [0.1, 0.15) is 11.7 Å². The van der Waals surface area contributed by atoms with Crippen molar-refractivity contribution in [3.63, 3.8) is 0 Å². The van der Waals surface area contributed by atoms with E-state index in [4.69, 9.17) is 5.41 Å². The molecule has 1 aromatic carbocycles. The Morgan fingerprint density at radius 1 is 1.29 bits per heavy atom. The minimum absolute atomic E-state index is 0.473. The molecule has 2 rings (SSSR count). The Morgan fingerprint density at radius 2 is 2.00 bits per heavy atom. The summed E-state index contributed by atoms with van der Waals surface area (Å²) < 4.78 is 1.76. The monoisotopic (exact) mass is 185 g/mol. The molecule has 0 aliphatic carbocycles. The first-order valence-electron chi connectivity index (χ1n) is 4.43. The Hall–Kier alpha value is -1.90. The fourth-order valence-electron chi connectivity index (χ4n) is 1.37. The highest BCUT2D eigenvalue weighted by Crippen LogP contribution is 2.16. The van der Waals surface area contributed by atoms with Gasteiger partial charge in [-0.3, -0.25) is 9.98 Å². The predicted octanol–water partition coefficient (Wildman–Crippen LogP) is 2.40. The fraction of sp³-hybridized carbons (Fsp3) is 0.0909. The van der Waals surface area contributed by atoms with E-state index in [9.17, 15) is 0 Å². The highest BCUT2D eigenvalue weighted by atomic mass is 15.1. The molecule has 3 heteroatoms. The number of rotatable bonds is 1. The van der Waals surface area contributed by atoms with Crippen LogP contribution in [0.5, 0.6) is 0 Å². The predicted molar refractivity (Wildman–Crippen MR) is 56.5 cm³/mol. The molecule has 0 bridgehead atoms. The van der Waals surface area contributed by atoms with Crippen LogP contribution in [0.4, 0.5) is 0 Å². The topological polar surface area (TPSA) is 41.7 Å². The molecule has 0 aliphatic rings. The molecule has 0 fully saturated rings. The van der Waals surface area contributed by atoms with Crippen molar-refractivity contribution in [1.29, 1.82) is 5.41 Å². The zero-order chi connectivity index (χ0) is 9.97. The molecule has 0 saturated carbocycles. The summed E-state index contributed by atoms with van der Waals surface area (Å²) in [6.45, 7) is 1.74. The molecule has 3 nitrogen and oxygen atoms in total. The lowest BCUT2D eigenvalue weighted by atomic mass is 10.2. The first kappa shape index (κ1) is 8.69. The summed E-state index contributed by atoms with van der Waals surface area (Å²) in [6.07, 6.45) is 3.50. The summed E-state index contributed by atoms with van der Waals surface area (Å²) in [5.41, 5.74) is 1.03. The summed E-state index contributed by atoms with van der Waals surface area (Å²) in [5, 5.41) is 7.57. The molecule has 1 N–H and O–H groups in total. The summed E-state index contributed by atoms with van der Waals surface area (Å²) in [7, 11) is 0. The highest BCUT2D eigenvalue weighted by Gasteiger charge is 2.05. The van der Waals surface area contributed by atoms with Crippen molar-refractivity contribution in [2.45, 2.75) is 6.92 Å². The van der Waals surface area contributed by atoms with Gasteiger partial charge in [-0.25, -0.2) is 4.98 Å². The molecule has 0 atom stereocenters. The van der Waals surface area contributed by atoms with Crippen LogP contribution in [-0.4, -0.2) is 15.4 Å². The quantitative estimate of drug-likeness (QED) is 0.538. The van der Waals surface area contributed by atoms with Crippen LogP contribution in [0.1, 0.15) is 6.92 Å². The van der Waals surface area contributed by atoms with Gasteiger partial charge < -0.3 is 0 Å². The van der Waals surface area contributed by atoms with Gasteiger partial charge in [-0.1, -0.05) is 30.3 Å². The van der Waals surface area contributed by atoms with Crippen LogP contribution in [-0.2, 0) is 0 Å². The molecular formula is C11H11N3. The zero-order valence-corrected chi connectivity index (χ0v) is 7.94. The van der Waals surface area contributed by atoms with E-state index in [1.54, 1.807) is 23.9 Å². The van der Waals surface area contributed by atoms with E-state index in [2.05, 4.69) is 4.98 Å². The number of hydrogen-bond acceptors (Lipinski definition) is 2. The minimum atomic E-state index is 0.473. The molecule has 0 spiro atoms. The summed E-state index contributed by atoms with van der Waals surface area (Å²) >= 11 is 0. The minimum Gasteiger partial charge on any atom is -0.288 e. The zero-order valence-electron chi connectivity index (χ0n) is 7.94. The lowest BCUT2D eigenvalue weighted by Crippen LogP contribution is -2.05. The van der Waals surface area contributed by atoms with E-state index < -0.39 is 0 Å². The van der Waals surface area contributed by atoms with Gasteiger partial charge in [0.2, 0.25) is 0 Å². The van der Waals surface area contributed by atoms with E-state index in [1.165, 1.54) is 0 Å². The molecule has 0 unspecified atom stereocenters. The third-order valence-electron chi connectivity index (χ3n) is 2.03. The van der Waals surface area contributed by atoms with Gasteiger partial charge in [0.05, 0.1) is 0 Å². The Bertz CT molecular complexity index is 443. The van der Waals surface area contributed by atoms with E-state index in [-0.39, 0.29) is 0 Å². The van der Waals surface area contributed by atoms with Crippen LogP contribution >= 0.6 is 0 Å². The van der Waals surface area contributed by atoms with Crippen molar-refractivity contribution in [1.82, 2.24) is 9.55 Å². The molecule has 14 heavy (non-hydrogen) atoms. The molecule has 0 aliphatic heterocycles. The van der Waals surface area contributed by atoms with Crippen molar-refractivity contribution in [3.8, 4) is 11.4 Å². The second kappa shape index (κ2) is 3.46. The normalized spacial score (nSPS) is 10.1. The van der Waals surface area contributed by atoms with Crippen LogP contribution in [0.25, 0.3) is 11.4 Å². The molecule has 0 amide bonds. The number of benzene rings is 1. The van der Waals surface area contributed by atoms with Crippen molar-refractivity contribution in [2.24, 2.45) is 0 Å². The van der Waals surface area contributed by atoms with Gasteiger partial charge >= 0.3 is 0 Å². The van der Waals surface area contributed by atoms with Crippen LogP contribution in [0, 0.1) is 5.41 Å². The second-order valence-corrected chi connectivity index (χ2v) is 3.07. The van der Waals surface area contributed by atoms with Crippen molar-refractivity contribution < 1.29 is 0 Å². The smallest absolute Gasteiger partial charge is 0.145 e. The molecule has 1 heterocycles. The van der Waals surface area contributed by atoms with Crippen LogP contribution in [0.15, 0.2) is 42.7 Å². The van der Waals surface area contributed by atoms with Crippen molar-refractivity contribution >= 4 is 5.84 Å². The largest absolute Gasteiger partial charge is 0.288 e. The number of imidazole rings is 1. The molecule has 1 aromatic heterocycles. The maximum Gasteiger partial charge on any atom is 0.145 e. The molecule has 0 saturated heterocycles. The number of nitrogens with one attached hydrogen (secondary N) is 1. The van der Waals surface area contributed by atoms with Gasteiger partial charge in [0.25, 0.3) is 0 Å². The van der Waals surface area contributed by atoms with Gasteiger partial charge in [-0.2, -0.15) is 0 Å². The second-order valence-electron chi connectivity index (χ2n) is 3.07. The Morgan fingerprint density at radius 3 is 2.64 bits per heavy atom. The number of hydrogen-bond donors (Lipinski definition) is 1. The van der Waals surface area contributed by atoms with E-state index in [0.29, 0.717) is 5.84 Å². The summed E-state index contributed by atoms with van der Waals surface area (Å²) in [5.74, 6) is 1.29. The lowest BCUT2D eigenvalue weighted by Gasteiger charge is -2.04. The molecular weight excluding hydrogens is 174 g/mol. The van der Waals surface area contributed by atoms with Gasteiger partial charge in [-0.05, 0) is 6.92 Å². The number of nitrogens with zero attached hydrogens (tertiary/aromatic N) is 2. The average Bonchev–Trinajstić information content (AvgIpc) is 2.67. The van der Waals surface area contributed by atoms with Crippen LogP contribution < -0.4 is 0 Å². The van der Waals surface area contributed by atoms with E-state index in [0.717, 1.165) is 11.4 Å². The number of aromatic nitrogens is 2. The van der Waals surface area contributed by atoms with Crippen LogP contribution in [0.2, 0.25) is 0 Å². The Labute approximate surface area is 82.5 Å². The Balaban J connectivity index is 2.52. The van der Waals surface area contributed by atoms with E-state index >= 15 is 0 Å². The first-order valence-corrected chi connectivity index (χ1v) is 4.43. The van der Waals surface area contributed by atoms with Crippen molar-refractivity contribution in [2.75, 3.05) is 0 Å². The maximum absolute atomic E-state index is 7.57. The summed E-state index contributed by atoms with van der Waals surface area (Å²) in [4.78, 5) is 4.23. The maximum atomic E-state index is 7.57. The van der Waals surface area contributed by atoms with Gasteiger partial charge in [0.15, 0.2) is 0 Å². The molecule has 70 valence electrons. The molecule has 0 radical (unpaired) electrons. The third kappa shape index (κ3) is 1.44. The third-order valence-corrected chi connectivity index (χ3v) is 2.03. The van der Waals surface area contributed by atoms with Crippen LogP contribution in [0.3, 0.4) is 0 Å². The molecule has 2 aromatic rings. The van der Waals surface area contributed by atoms with E-state index in [1.807, 2.05) is 30.3 Å². The fourth-order valence-corrected chi connectivity index (χ4v) is 1.37. The average molecular weight is 185 g/mol. The lowest BCUT2D eigenvalue weighted by molar-refractivity contribution is 1.10. The summed E-state index contributed by atoms with van der Waals surface area (Å²) in [6, 6.07) is 9.87. The highest BCUT2D eigenvalue weighted by molar-refractivity contribution is 5.83. The SMILES string of the molecule is CC(=N)n1ccnc1-c1ccccc1. The first-order chi connectivity index (χ1) is 6.79. The van der Waals surface area contributed by atoms with Gasteiger partial charge in [-0.15, -0.1) is 0 Å². The standard InChI is InChI=1S/C11H11N3/c1-9(12)14-8-7-13-11(14)10-5-3-2-4-6-10/h2-8,12H,1H3. The van der Waals surface area contributed by atoms with Gasteiger partial charge in [0, 0.05) is 18.0 Å². The Kier molecular flexibility index (Phi) is 2.14.